The summed E-state index contributed by atoms with van der Waals surface area (Å²) in [6.07, 6.45) is 5.12. The standard InChI is InChI=1S/C13H12N4O3/c18-10-2-1-8(7-16-10)12(19)17-9-3-6-20-13-11(9)14-4-5-15-13/h1-2,4-5,7,9H,3,6H2,(H,16,18)(H,17,19). The van der Waals surface area contributed by atoms with Gasteiger partial charge in [-0.1, -0.05) is 0 Å². The van der Waals surface area contributed by atoms with Gasteiger partial charge >= 0.3 is 0 Å². The van der Waals surface area contributed by atoms with Gasteiger partial charge in [0.25, 0.3) is 5.91 Å². The van der Waals surface area contributed by atoms with E-state index in [1.54, 1.807) is 12.4 Å². The minimum Gasteiger partial charge on any atom is -0.476 e. The number of carbonyl (C=O) groups excluding carboxylic acids is 1. The quantitative estimate of drug-likeness (QED) is 0.825. The second kappa shape index (κ2) is 5.12. The van der Waals surface area contributed by atoms with Gasteiger partial charge in [-0.3, -0.25) is 14.6 Å². The number of hydrogen-bond acceptors (Lipinski definition) is 5. The Kier molecular flexibility index (Phi) is 3.16. The van der Waals surface area contributed by atoms with Crippen molar-refractivity contribution >= 4 is 5.91 Å². The van der Waals surface area contributed by atoms with Gasteiger partial charge < -0.3 is 15.0 Å². The van der Waals surface area contributed by atoms with Crippen molar-refractivity contribution in [2.24, 2.45) is 0 Å². The Morgan fingerprint density at radius 1 is 1.35 bits per heavy atom. The van der Waals surface area contributed by atoms with E-state index in [1.807, 2.05) is 0 Å². The molecular formula is C13H12N4O3. The number of rotatable bonds is 2. The first kappa shape index (κ1) is 12.3. The third-order valence-electron chi connectivity index (χ3n) is 3.02. The third kappa shape index (κ3) is 2.37. The second-order valence-electron chi connectivity index (χ2n) is 4.35. The first-order valence-corrected chi connectivity index (χ1v) is 6.17. The van der Waals surface area contributed by atoms with Crippen molar-refractivity contribution in [1.82, 2.24) is 20.3 Å². The number of ether oxygens (including phenoxy) is 1. The minimum atomic E-state index is -0.273. The average molecular weight is 272 g/mol. The fraction of sp³-hybridized carbons (Fsp3) is 0.231. The number of nitrogens with zero attached hydrogens (tertiary/aromatic N) is 2. The lowest BCUT2D eigenvalue weighted by Crippen LogP contribution is -2.33. The normalized spacial score (nSPS) is 16.9. The third-order valence-corrected chi connectivity index (χ3v) is 3.02. The Labute approximate surface area is 114 Å². The van der Waals surface area contributed by atoms with E-state index in [0.717, 1.165) is 0 Å². The predicted octanol–water partition coefficient (Wildman–Crippen LogP) is 0.418. The molecule has 102 valence electrons. The average Bonchev–Trinajstić information content (AvgIpc) is 2.48. The molecule has 1 aliphatic heterocycles. The van der Waals surface area contributed by atoms with Gasteiger partial charge in [0.05, 0.1) is 18.2 Å². The van der Waals surface area contributed by atoms with Gasteiger partial charge in [-0.2, -0.15) is 0 Å². The zero-order valence-corrected chi connectivity index (χ0v) is 10.5. The van der Waals surface area contributed by atoms with E-state index in [0.29, 0.717) is 30.2 Å². The van der Waals surface area contributed by atoms with Crippen molar-refractivity contribution in [2.45, 2.75) is 12.5 Å². The molecule has 2 N–H and O–H groups in total. The number of fused-ring (bicyclic) bond motifs is 1. The maximum absolute atomic E-state index is 12.1. The lowest BCUT2D eigenvalue weighted by Gasteiger charge is -2.24. The van der Waals surface area contributed by atoms with E-state index in [9.17, 15) is 9.59 Å². The van der Waals surface area contributed by atoms with Crippen LogP contribution in [0.2, 0.25) is 0 Å². The molecule has 1 atom stereocenters. The Morgan fingerprint density at radius 3 is 3.00 bits per heavy atom. The summed E-state index contributed by atoms with van der Waals surface area (Å²) < 4.78 is 5.38. The molecule has 2 aromatic heterocycles. The summed E-state index contributed by atoms with van der Waals surface area (Å²) in [6.45, 7) is 0.474. The molecule has 0 aromatic carbocycles. The minimum absolute atomic E-state index is 0.244. The van der Waals surface area contributed by atoms with Gasteiger partial charge in [0, 0.05) is 31.1 Å². The molecule has 0 saturated carbocycles. The Balaban J connectivity index is 1.80. The fourth-order valence-electron chi connectivity index (χ4n) is 2.03. The van der Waals surface area contributed by atoms with Crippen LogP contribution >= 0.6 is 0 Å². The zero-order chi connectivity index (χ0) is 13.9. The zero-order valence-electron chi connectivity index (χ0n) is 10.5. The first-order valence-electron chi connectivity index (χ1n) is 6.17. The maximum atomic E-state index is 12.1. The number of hydrogen-bond donors (Lipinski definition) is 2. The molecule has 0 aliphatic carbocycles. The number of pyridine rings is 1. The molecular weight excluding hydrogens is 260 g/mol. The lowest BCUT2D eigenvalue weighted by molar-refractivity contribution is 0.0921. The Hall–Kier alpha value is -2.70. The fourth-order valence-corrected chi connectivity index (χ4v) is 2.03. The number of H-pyrrole nitrogens is 1. The van der Waals surface area contributed by atoms with Crippen LogP contribution in [0.3, 0.4) is 0 Å². The van der Waals surface area contributed by atoms with Gasteiger partial charge in [-0.15, -0.1) is 0 Å². The van der Waals surface area contributed by atoms with Crippen LogP contribution in [0.15, 0.2) is 35.5 Å². The molecule has 0 saturated heterocycles. The summed E-state index contributed by atoms with van der Waals surface area (Å²) in [6, 6.07) is 2.55. The van der Waals surface area contributed by atoms with Crippen LogP contribution in [-0.4, -0.2) is 27.5 Å². The molecule has 20 heavy (non-hydrogen) atoms. The van der Waals surface area contributed by atoms with Gasteiger partial charge in [0.1, 0.15) is 5.69 Å². The number of aromatic amines is 1. The van der Waals surface area contributed by atoms with Crippen LogP contribution < -0.4 is 15.6 Å². The van der Waals surface area contributed by atoms with E-state index < -0.39 is 0 Å². The molecule has 2 aromatic rings. The summed E-state index contributed by atoms with van der Waals surface area (Å²) in [5.74, 6) is 0.176. The van der Waals surface area contributed by atoms with Gasteiger partial charge in [-0.05, 0) is 6.07 Å². The molecule has 1 amide bonds. The van der Waals surface area contributed by atoms with Crippen LogP contribution in [0.5, 0.6) is 5.88 Å². The van der Waals surface area contributed by atoms with Crippen molar-refractivity contribution in [3.05, 3.63) is 52.3 Å². The molecule has 3 rings (SSSR count). The van der Waals surface area contributed by atoms with Crippen LogP contribution in [0.25, 0.3) is 0 Å². The van der Waals surface area contributed by atoms with E-state index in [4.69, 9.17) is 4.74 Å². The molecule has 0 bridgehead atoms. The van der Waals surface area contributed by atoms with Crippen molar-refractivity contribution in [2.75, 3.05) is 6.61 Å². The topological polar surface area (TPSA) is 97.0 Å². The van der Waals surface area contributed by atoms with Crippen molar-refractivity contribution in [1.29, 1.82) is 0 Å². The first-order chi connectivity index (χ1) is 9.74. The maximum Gasteiger partial charge on any atom is 0.253 e. The lowest BCUT2D eigenvalue weighted by atomic mass is 10.1. The molecule has 1 aliphatic rings. The number of nitrogens with one attached hydrogen (secondary N) is 2. The van der Waals surface area contributed by atoms with Crippen LogP contribution in [0, 0.1) is 0 Å². The van der Waals surface area contributed by atoms with Crippen LogP contribution in [0.4, 0.5) is 0 Å². The predicted molar refractivity (Wildman–Crippen MR) is 69.4 cm³/mol. The molecule has 7 nitrogen and oxygen atoms in total. The highest BCUT2D eigenvalue weighted by Crippen LogP contribution is 2.27. The highest BCUT2D eigenvalue weighted by Gasteiger charge is 2.25. The highest BCUT2D eigenvalue weighted by atomic mass is 16.5. The van der Waals surface area contributed by atoms with Gasteiger partial charge in [0.2, 0.25) is 11.4 Å². The van der Waals surface area contributed by atoms with Crippen molar-refractivity contribution < 1.29 is 9.53 Å². The molecule has 0 radical (unpaired) electrons. The van der Waals surface area contributed by atoms with Gasteiger partial charge in [-0.25, -0.2) is 4.98 Å². The second-order valence-corrected chi connectivity index (χ2v) is 4.35. The number of carbonyl (C=O) groups is 1. The summed E-state index contributed by atoms with van der Waals surface area (Å²) in [4.78, 5) is 33.8. The summed E-state index contributed by atoms with van der Waals surface area (Å²) >= 11 is 0. The molecule has 0 fully saturated rings. The van der Waals surface area contributed by atoms with E-state index in [-0.39, 0.29) is 17.5 Å². The summed E-state index contributed by atoms with van der Waals surface area (Å²) in [5, 5.41) is 2.87. The van der Waals surface area contributed by atoms with Crippen LogP contribution in [-0.2, 0) is 0 Å². The molecule has 7 heteroatoms. The van der Waals surface area contributed by atoms with Crippen LogP contribution in [0.1, 0.15) is 28.5 Å². The Bertz CT molecular complexity index is 678. The number of aromatic nitrogens is 3. The van der Waals surface area contributed by atoms with E-state index in [2.05, 4.69) is 20.3 Å². The van der Waals surface area contributed by atoms with Crippen molar-refractivity contribution in [3.63, 3.8) is 0 Å². The Morgan fingerprint density at radius 2 is 2.20 bits per heavy atom. The number of amides is 1. The largest absolute Gasteiger partial charge is 0.476 e. The monoisotopic (exact) mass is 272 g/mol. The summed E-state index contributed by atoms with van der Waals surface area (Å²) in [7, 11) is 0. The molecule has 1 unspecified atom stereocenters. The van der Waals surface area contributed by atoms with Gasteiger partial charge in [0.15, 0.2) is 0 Å². The SMILES string of the molecule is O=C(NC1CCOc2nccnc21)c1ccc(=O)[nH]c1. The molecule has 0 spiro atoms. The molecule has 3 heterocycles. The van der Waals surface area contributed by atoms with Crippen molar-refractivity contribution in [3.8, 4) is 5.88 Å². The smallest absolute Gasteiger partial charge is 0.253 e. The van der Waals surface area contributed by atoms with E-state index >= 15 is 0 Å². The van der Waals surface area contributed by atoms with E-state index in [1.165, 1.54) is 18.3 Å². The summed E-state index contributed by atoms with van der Waals surface area (Å²) in [5.41, 5.74) is 0.766. The highest BCUT2D eigenvalue weighted by molar-refractivity contribution is 5.94.